The van der Waals surface area contributed by atoms with Gasteiger partial charge in [-0.25, -0.2) is 0 Å². The standard InChI is InChI=1S/C97H103BN2/c1-92(2,3)72-37-25-33-66(49-72)79-57-76(96(13,14)15)58-80(67-34-26-38-73(50-67)93(4,5)6)90(79)99-85-45-43-64(62-29-21-19-22-30-62)53-83(85)98-84-54-65(63-31-23-20-24-32-63)44-46-86(84)100(88-56-71(55-87(99)89(88)98)78-48-61-41-42-70(78)47-61)91-81(68-35-27-39-74(51-68)94(7,8)9)59-77(97(16,17)18)60-82(91)69-36-28-40-75(52-69)95(10,11)12/h19-40,43-46,49-61,70,78H,41-42,47-48H2,1-18H3/t61-,70+,78?/m0/s1. The fourth-order valence-corrected chi connectivity index (χ4v) is 17.1. The molecule has 15 rings (SSSR count). The lowest BCUT2D eigenvalue weighted by Gasteiger charge is -2.46. The molecule has 2 nitrogen and oxygen atoms in total. The largest absolute Gasteiger partial charge is 0.310 e. The highest BCUT2D eigenvalue weighted by Gasteiger charge is 2.48. The van der Waals surface area contributed by atoms with Crippen molar-refractivity contribution in [3.8, 4) is 66.8 Å². The minimum atomic E-state index is -0.181. The van der Waals surface area contributed by atoms with Crippen molar-refractivity contribution in [2.75, 3.05) is 9.80 Å². The van der Waals surface area contributed by atoms with Crippen LogP contribution >= 0.6 is 0 Å². The summed E-state index contributed by atoms with van der Waals surface area (Å²) in [4.78, 5) is 5.66. The molecule has 3 atom stereocenters. The van der Waals surface area contributed by atoms with E-state index in [0.717, 1.165) is 5.92 Å². The monoisotopic (exact) mass is 1310 g/mol. The van der Waals surface area contributed by atoms with Crippen molar-refractivity contribution in [3.05, 3.63) is 269 Å². The Morgan fingerprint density at radius 2 is 0.610 bits per heavy atom. The van der Waals surface area contributed by atoms with Gasteiger partial charge < -0.3 is 9.80 Å². The van der Waals surface area contributed by atoms with Crippen LogP contribution in [-0.2, 0) is 32.5 Å². The Morgan fingerprint density at radius 3 is 0.910 bits per heavy atom. The summed E-state index contributed by atoms with van der Waals surface area (Å²) < 4.78 is 0. The molecule has 2 aliphatic carbocycles. The maximum Gasteiger partial charge on any atom is 0.252 e. The molecule has 0 spiro atoms. The second kappa shape index (κ2) is 24.4. The van der Waals surface area contributed by atoms with Gasteiger partial charge in [0, 0.05) is 45.0 Å². The molecule has 2 heterocycles. The third-order valence-electron chi connectivity index (χ3n) is 23.0. The van der Waals surface area contributed by atoms with Crippen LogP contribution in [0.4, 0.5) is 34.1 Å². The topological polar surface area (TPSA) is 6.48 Å². The van der Waals surface area contributed by atoms with E-state index in [1.54, 1.807) is 0 Å². The lowest BCUT2D eigenvalue weighted by Crippen LogP contribution is -2.61. The quantitative estimate of drug-likeness (QED) is 0.133. The van der Waals surface area contributed by atoms with Crippen LogP contribution in [0.25, 0.3) is 66.8 Å². The highest BCUT2D eigenvalue weighted by Crippen LogP contribution is 2.59. The van der Waals surface area contributed by atoms with Crippen LogP contribution in [0.2, 0.25) is 0 Å². The fourth-order valence-electron chi connectivity index (χ4n) is 17.1. The SMILES string of the molecule is CC(C)(C)c1cccc(-c2cc(C(C)(C)C)cc(-c3cccc(C(C)(C)C)c3)c2N2c3ccc(-c4ccccc4)cc3B3c4cc(-c5ccccc5)ccc4N(c4c(-c5cccc(C(C)(C)C)c5)cc(C(C)(C)C)cc4-c4cccc(C(C)(C)C)c4)c4cc(C5C[C@H]6CC[C@@H]5C6)cc2c43)c1. The van der Waals surface area contributed by atoms with E-state index in [4.69, 9.17) is 0 Å². The van der Waals surface area contributed by atoms with E-state index in [9.17, 15) is 0 Å². The number of benzene rings is 11. The molecule has 100 heavy (non-hydrogen) atoms. The molecule has 2 saturated carbocycles. The minimum Gasteiger partial charge on any atom is -0.310 e. The number of nitrogens with zero attached hydrogens (tertiary/aromatic N) is 2. The van der Waals surface area contributed by atoms with Gasteiger partial charge in [-0.05, 0) is 218 Å². The van der Waals surface area contributed by atoms with Gasteiger partial charge >= 0.3 is 0 Å². The van der Waals surface area contributed by atoms with E-state index >= 15 is 0 Å². The summed E-state index contributed by atoms with van der Waals surface area (Å²) in [7, 11) is 0. The first kappa shape index (κ1) is 66.9. The molecule has 11 aromatic carbocycles. The van der Waals surface area contributed by atoms with E-state index in [-0.39, 0.29) is 39.2 Å². The molecule has 2 bridgehead atoms. The van der Waals surface area contributed by atoms with Gasteiger partial charge in [0.1, 0.15) is 0 Å². The average Bonchev–Trinajstić information content (AvgIpc) is 0.971. The molecule has 4 aliphatic rings. The Hall–Kier alpha value is -8.92. The van der Waals surface area contributed by atoms with Crippen LogP contribution in [-0.4, -0.2) is 6.71 Å². The summed E-state index contributed by atoms with van der Waals surface area (Å²) in [6.07, 6.45) is 5.13. The van der Waals surface area contributed by atoms with Gasteiger partial charge in [0.2, 0.25) is 0 Å². The van der Waals surface area contributed by atoms with Crippen LogP contribution < -0.4 is 26.2 Å². The molecule has 1 unspecified atom stereocenters. The predicted molar refractivity (Wildman–Crippen MR) is 433 cm³/mol. The van der Waals surface area contributed by atoms with Crippen LogP contribution in [0.3, 0.4) is 0 Å². The lowest BCUT2D eigenvalue weighted by molar-refractivity contribution is 0.420. The van der Waals surface area contributed by atoms with E-state index in [0.29, 0.717) is 11.8 Å². The van der Waals surface area contributed by atoms with Crippen molar-refractivity contribution in [1.29, 1.82) is 0 Å². The molecule has 11 aromatic rings. The summed E-state index contributed by atoms with van der Waals surface area (Å²) in [5.74, 6) is 1.77. The molecule has 504 valence electrons. The fraction of sp³-hybridized carbons (Fsp3) is 0.320. The maximum atomic E-state index is 2.83. The molecule has 0 amide bonds. The van der Waals surface area contributed by atoms with Crippen LogP contribution in [0.15, 0.2) is 231 Å². The van der Waals surface area contributed by atoms with Gasteiger partial charge in [-0.15, -0.1) is 0 Å². The second-order valence-corrected chi connectivity index (χ2v) is 36.3. The zero-order valence-electron chi connectivity index (χ0n) is 63.0. The Morgan fingerprint density at radius 1 is 0.280 bits per heavy atom. The third kappa shape index (κ3) is 12.2. The maximum absolute atomic E-state index is 2.83. The number of hydrogen-bond donors (Lipinski definition) is 0. The zero-order chi connectivity index (χ0) is 70.3. The molecule has 0 aromatic heterocycles. The zero-order valence-corrected chi connectivity index (χ0v) is 63.0. The third-order valence-corrected chi connectivity index (χ3v) is 23.0. The number of anilines is 6. The first-order valence-corrected chi connectivity index (χ1v) is 37.3. The van der Waals surface area contributed by atoms with Crippen molar-refractivity contribution in [3.63, 3.8) is 0 Å². The van der Waals surface area contributed by atoms with E-state index in [2.05, 4.69) is 365 Å². The van der Waals surface area contributed by atoms with E-state index < -0.39 is 0 Å². The number of fused-ring (bicyclic) bond motifs is 6. The molecular formula is C97H103BN2. The number of hydrogen-bond acceptors (Lipinski definition) is 2. The van der Waals surface area contributed by atoms with Crippen LogP contribution in [0.1, 0.15) is 195 Å². The summed E-state index contributed by atoms with van der Waals surface area (Å²) in [5.41, 5.74) is 34.7. The molecule has 0 N–H and O–H groups in total. The van der Waals surface area contributed by atoms with Crippen LogP contribution in [0, 0.1) is 11.8 Å². The summed E-state index contributed by atoms with van der Waals surface area (Å²) in [6, 6.07) is 91.6. The van der Waals surface area contributed by atoms with Gasteiger partial charge in [0.05, 0.1) is 11.4 Å². The van der Waals surface area contributed by atoms with Crippen molar-refractivity contribution in [2.24, 2.45) is 11.8 Å². The van der Waals surface area contributed by atoms with E-state index in [1.807, 2.05) is 0 Å². The first-order chi connectivity index (χ1) is 47.3. The van der Waals surface area contributed by atoms with Gasteiger partial charge in [0.15, 0.2) is 0 Å². The van der Waals surface area contributed by atoms with Gasteiger partial charge in [0.25, 0.3) is 6.71 Å². The van der Waals surface area contributed by atoms with Crippen LogP contribution in [0.5, 0.6) is 0 Å². The van der Waals surface area contributed by atoms with Gasteiger partial charge in [-0.3, -0.25) is 0 Å². The lowest BCUT2D eigenvalue weighted by atomic mass is 9.33. The van der Waals surface area contributed by atoms with Gasteiger partial charge in [-0.1, -0.05) is 313 Å². The Balaban J connectivity index is 1.16. The summed E-state index contributed by atoms with van der Waals surface area (Å²) >= 11 is 0. The molecule has 0 saturated heterocycles. The van der Waals surface area contributed by atoms with Gasteiger partial charge in [-0.2, -0.15) is 0 Å². The molecule has 3 heteroatoms. The smallest absolute Gasteiger partial charge is 0.252 e. The summed E-state index contributed by atoms with van der Waals surface area (Å²) in [6.45, 7) is 42.6. The molecule has 2 aliphatic heterocycles. The Labute approximate surface area is 600 Å². The van der Waals surface area contributed by atoms with Crippen molar-refractivity contribution < 1.29 is 0 Å². The first-order valence-electron chi connectivity index (χ1n) is 37.3. The van der Waals surface area contributed by atoms with Crippen molar-refractivity contribution >= 4 is 57.2 Å². The number of rotatable bonds is 9. The molecular weight excluding hydrogens is 1200 g/mol. The predicted octanol–water partition coefficient (Wildman–Crippen LogP) is 25.5. The minimum absolute atomic E-state index is 0.0884. The highest BCUT2D eigenvalue weighted by atomic mass is 15.2. The highest BCUT2D eigenvalue weighted by molar-refractivity contribution is 7.00. The Bertz CT molecular complexity index is 4530. The van der Waals surface area contributed by atoms with Crippen molar-refractivity contribution in [1.82, 2.24) is 0 Å². The second-order valence-electron chi connectivity index (χ2n) is 36.3. The molecule has 2 fully saturated rings. The normalized spacial score (nSPS) is 16.8. The van der Waals surface area contributed by atoms with Crippen molar-refractivity contribution in [2.45, 2.75) is 189 Å². The summed E-state index contributed by atoms with van der Waals surface area (Å²) in [5, 5.41) is 0. The average molecular weight is 1310 g/mol. The molecule has 0 radical (unpaired) electrons. The van der Waals surface area contributed by atoms with E-state index in [1.165, 1.54) is 182 Å². The Kier molecular flexibility index (Phi) is 16.3.